The first-order chi connectivity index (χ1) is 18.1. The van der Waals surface area contributed by atoms with Gasteiger partial charge in [-0.1, -0.05) is 12.1 Å². The minimum Gasteiger partial charge on any atom is -0.486 e. The Hall–Kier alpha value is -4.53. The monoisotopic (exact) mass is 514 g/mol. The first-order valence-corrected chi connectivity index (χ1v) is 12.2. The largest absolute Gasteiger partial charge is 0.486 e. The van der Waals surface area contributed by atoms with E-state index >= 15 is 0 Å². The van der Waals surface area contributed by atoms with E-state index in [-0.39, 0.29) is 17.8 Å². The first kappa shape index (κ1) is 25.1. The molecule has 1 N–H and O–H groups in total. The van der Waals surface area contributed by atoms with Crippen molar-refractivity contribution < 1.29 is 23.5 Å². The number of amides is 2. The molecule has 0 atom stereocenters. The maximum atomic E-state index is 13.5. The molecule has 3 heterocycles. The zero-order valence-corrected chi connectivity index (χ0v) is 21.3. The first-order valence-electron chi connectivity index (χ1n) is 12.2. The summed E-state index contributed by atoms with van der Waals surface area (Å²) >= 11 is 0. The minimum atomic E-state index is -0.587. The van der Waals surface area contributed by atoms with Crippen LogP contribution in [0.25, 0.3) is 22.2 Å². The molecule has 38 heavy (non-hydrogen) atoms. The SMILES string of the molecule is CC(C)(C)OC(=O)N1CC(Oc2cc(C(=O)Nc3ccc4cccnc4n3)ccc2-c2ccc(F)cc2)C1. The van der Waals surface area contributed by atoms with E-state index in [0.29, 0.717) is 41.4 Å². The zero-order chi connectivity index (χ0) is 26.9. The third-order valence-corrected chi connectivity index (χ3v) is 5.90. The van der Waals surface area contributed by atoms with Gasteiger partial charge in [0.15, 0.2) is 5.65 Å². The fourth-order valence-corrected chi connectivity index (χ4v) is 4.01. The number of benzene rings is 2. The Morgan fingerprint density at radius 2 is 1.79 bits per heavy atom. The van der Waals surface area contributed by atoms with Gasteiger partial charge in [-0.15, -0.1) is 0 Å². The van der Waals surface area contributed by atoms with Crippen LogP contribution in [-0.2, 0) is 4.74 Å². The Labute approximate surface area is 219 Å². The Morgan fingerprint density at radius 3 is 2.53 bits per heavy atom. The highest BCUT2D eigenvalue weighted by Crippen LogP contribution is 2.33. The van der Waals surface area contributed by atoms with E-state index in [0.717, 1.165) is 10.9 Å². The van der Waals surface area contributed by atoms with Crippen molar-refractivity contribution in [3.05, 3.63) is 84.3 Å². The number of fused-ring (bicyclic) bond motifs is 1. The Morgan fingerprint density at radius 1 is 1.03 bits per heavy atom. The van der Waals surface area contributed by atoms with E-state index < -0.39 is 11.7 Å². The van der Waals surface area contributed by atoms with Crippen molar-refractivity contribution in [1.29, 1.82) is 0 Å². The standard InChI is InChI=1S/C29H27FN4O4/c1-29(2,3)38-28(36)34-16-22(17-34)37-24-15-20(8-12-23(24)18-6-10-21(30)11-7-18)27(35)33-25-13-9-19-5-4-14-31-26(19)32-25/h4-15,22H,16-17H2,1-3H3,(H,31,32,33,35). The lowest BCUT2D eigenvalue weighted by molar-refractivity contribution is -0.0220. The van der Waals surface area contributed by atoms with E-state index in [1.54, 1.807) is 47.5 Å². The van der Waals surface area contributed by atoms with Crippen LogP contribution >= 0.6 is 0 Å². The fourth-order valence-electron chi connectivity index (χ4n) is 4.01. The third kappa shape index (κ3) is 5.72. The summed E-state index contributed by atoms with van der Waals surface area (Å²) in [5.41, 5.74) is 1.73. The summed E-state index contributed by atoms with van der Waals surface area (Å²) in [5.74, 6) is 0.105. The number of rotatable bonds is 5. The zero-order valence-electron chi connectivity index (χ0n) is 21.3. The number of likely N-dealkylation sites (tertiary alicyclic amines) is 1. The van der Waals surface area contributed by atoms with Crippen LogP contribution in [0.5, 0.6) is 5.75 Å². The van der Waals surface area contributed by atoms with Gasteiger partial charge in [-0.3, -0.25) is 4.79 Å². The lowest BCUT2D eigenvalue weighted by Crippen LogP contribution is -2.57. The van der Waals surface area contributed by atoms with E-state index in [2.05, 4.69) is 15.3 Å². The quantitative estimate of drug-likeness (QED) is 0.368. The number of aromatic nitrogens is 2. The summed E-state index contributed by atoms with van der Waals surface area (Å²) in [6.45, 7) is 6.14. The molecule has 8 nitrogen and oxygen atoms in total. The summed E-state index contributed by atoms with van der Waals surface area (Å²) in [5, 5.41) is 3.67. The molecular formula is C29H27FN4O4. The van der Waals surface area contributed by atoms with Crippen molar-refractivity contribution in [2.45, 2.75) is 32.5 Å². The van der Waals surface area contributed by atoms with Crippen molar-refractivity contribution in [2.75, 3.05) is 18.4 Å². The predicted molar refractivity (Wildman–Crippen MR) is 142 cm³/mol. The van der Waals surface area contributed by atoms with Crippen molar-refractivity contribution in [3.8, 4) is 16.9 Å². The fraction of sp³-hybridized carbons (Fsp3) is 0.241. The van der Waals surface area contributed by atoms with E-state index in [9.17, 15) is 14.0 Å². The number of halogens is 1. The van der Waals surface area contributed by atoms with E-state index in [1.165, 1.54) is 12.1 Å². The van der Waals surface area contributed by atoms with Crippen molar-refractivity contribution >= 4 is 28.9 Å². The number of hydrogen-bond acceptors (Lipinski definition) is 6. The van der Waals surface area contributed by atoms with Crippen LogP contribution in [0.2, 0.25) is 0 Å². The molecule has 1 aliphatic heterocycles. The highest BCUT2D eigenvalue weighted by Gasteiger charge is 2.35. The highest BCUT2D eigenvalue weighted by molar-refractivity contribution is 6.04. The number of hydrogen-bond donors (Lipinski definition) is 1. The van der Waals surface area contributed by atoms with Crippen molar-refractivity contribution in [2.24, 2.45) is 0 Å². The Kier molecular flexibility index (Phi) is 6.67. The normalized spacial score (nSPS) is 13.6. The van der Waals surface area contributed by atoms with Crippen LogP contribution in [-0.4, -0.2) is 51.7 Å². The number of pyridine rings is 2. The summed E-state index contributed by atoms with van der Waals surface area (Å²) in [4.78, 5) is 35.6. The van der Waals surface area contributed by atoms with Gasteiger partial charge >= 0.3 is 6.09 Å². The van der Waals surface area contributed by atoms with Crippen LogP contribution in [0.15, 0.2) is 72.9 Å². The van der Waals surface area contributed by atoms with Gasteiger partial charge in [0, 0.05) is 22.7 Å². The Balaban J connectivity index is 1.36. The molecular weight excluding hydrogens is 487 g/mol. The smallest absolute Gasteiger partial charge is 0.410 e. The number of carbonyl (C=O) groups is 2. The summed E-state index contributed by atoms with van der Waals surface area (Å²) in [6, 6.07) is 18.4. The summed E-state index contributed by atoms with van der Waals surface area (Å²) in [7, 11) is 0. The molecule has 0 aliphatic carbocycles. The molecule has 0 spiro atoms. The second kappa shape index (κ2) is 10.1. The molecule has 0 radical (unpaired) electrons. The van der Waals surface area contributed by atoms with Gasteiger partial charge < -0.3 is 19.7 Å². The topological polar surface area (TPSA) is 93.6 Å². The predicted octanol–water partition coefficient (Wildman–Crippen LogP) is 5.69. The molecule has 1 aliphatic rings. The molecule has 4 aromatic rings. The molecule has 0 saturated carbocycles. The van der Waals surface area contributed by atoms with Crippen molar-refractivity contribution in [1.82, 2.24) is 14.9 Å². The van der Waals surface area contributed by atoms with Crippen LogP contribution in [0, 0.1) is 5.82 Å². The second-order valence-electron chi connectivity index (χ2n) is 10.0. The van der Waals surface area contributed by atoms with Gasteiger partial charge in [0.25, 0.3) is 5.91 Å². The van der Waals surface area contributed by atoms with Gasteiger partial charge in [0.05, 0.1) is 13.1 Å². The lowest BCUT2D eigenvalue weighted by atomic mass is 10.0. The third-order valence-electron chi connectivity index (χ3n) is 5.90. The van der Waals surface area contributed by atoms with Gasteiger partial charge in [-0.05, 0) is 80.9 Å². The second-order valence-corrected chi connectivity index (χ2v) is 10.0. The van der Waals surface area contributed by atoms with Gasteiger partial charge in [0.2, 0.25) is 0 Å². The van der Waals surface area contributed by atoms with Crippen LogP contribution in [0.1, 0.15) is 31.1 Å². The number of anilines is 1. The number of nitrogens with one attached hydrogen (secondary N) is 1. The van der Waals surface area contributed by atoms with Gasteiger partial charge in [-0.25, -0.2) is 19.2 Å². The number of carbonyl (C=O) groups excluding carboxylic acids is 2. The number of ether oxygens (including phenoxy) is 2. The Bertz CT molecular complexity index is 1490. The van der Waals surface area contributed by atoms with Crippen molar-refractivity contribution in [3.63, 3.8) is 0 Å². The molecule has 9 heteroatoms. The highest BCUT2D eigenvalue weighted by atomic mass is 19.1. The van der Waals surface area contributed by atoms with E-state index in [1.807, 2.05) is 39.0 Å². The molecule has 1 saturated heterocycles. The van der Waals surface area contributed by atoms with Gasteiger partial charge in [0.1, 0.15) is 29.1 Å². The van der Waals surface area contributed by atoms with Crippen LogP contribution in [0.3, 0.4) is 0 Å². The molecule has 0 unspecified atom stereocenters. The molecule has 2 aromatic heterocycles. The van der Waals surface area contributed by atoms with Gasteiger partial charge in [-0.2, -0.15) is 0 Å². The van der Waals surface area contributed by atoms with Crippen LogP contribution in [0.4, 0.5) is 15.0 Å². The summed E-state index contributed by atoms with van der Waals surface area (Å²) < 4.78 is 25.2. The molecule has 194 valence electrons. The maximum absolute atomic E-state index is 13.5. The molecule has 2 aromatic carbocycles. The average Bonchev–Trinajstić information content (AvgIpc) is 2.85. The molecule has 0 bridgehead atoms. The van der Waals surface area contributed by atoms with Crippen LogP contribution < -0.4 is 10.1 Å². The minimum absolute atomic E-state index is 0.284. The molecule has 5 rings (SSSR count). The number of nitrogens with zero attached hydrogens (tertiary/aromatic N) is 3. The van der Waals surface area contributed by atoms with E-state index in [4.69, 9.17) is 9.47 Å². The maximum Gasteiger partial charge on any atom is 0.410 e. The molecule has 2 amide bonds. The lowest BCUT2D eigenvalue weighted by Gasteiger charge is -2.39. The summed E-state index contributed by atoms with van der Waals surface area (Å²) in [6.07, 6.45) is 0.957. The molecule has 1 fully saturated rings. The average molecular weight is 515 g/mol.